The second-order valence-electron chi connectivity index (χ2n) is 6.37. The molecule has 1 fully saturated rings. The number of carbonyl (C=O) groups is 1. The number of aromatic nitrogens is 2. The van der Waals surface area contributed by atoms with Crippen LogP contribution in [0.15, 0.2) is 55.0 Å². The van der Waals surface area contributed by atoms with Crippen molar-refractivity contribution < 1.29 is 4.79 Å². The molecule has 1 amide bonds. The maximum Gasteiger partial charge on any atom is 0.254 e. The molecule has 1 saturated heterocycles. The van der Waals surface area contributed by atoms with E-state index in [1.165, 1.54) is 16.6 Å². The topological polar surface area (TPSA) is 49.3 Å². The number of piperazine rings is 1. The Morgan fingerprint density at radius 3 is 2.48 bits per heavy atom. The van der Waals surface area contributed by atoms with Gasteiger partial charge in [0.05, 0.1) is 5.52 Å². The fourth-order valence-corrected chi connectivity index (χ4v) is 3.35. The van der Waals surface area contributed by atoms with E-state index in [2.05, 4.69) is 46.1 Å². The first kappa shape index (κ1) is 15.6. The SMILES string of the molecule is Cc1ccc2nccc(N3CCN(C(=O)c4ccncc4)CC3)c2c1. The molecule has 25 heavy (non-hydrogen) atoms. The van der Waals surface area contributed by atoms with Gasteiger partial charge in [-0.05, 0) is 37.3 Å². The molecule has 4 rings (SSSR count). The van der Waals surface area contributed by atoms with Crippen molar-refractivity contribution in [3.05, 3.63) is 66.1 Å². The van der Waals surface area contributed by atoms with Crippen molar-refractivity contribution in [1.29, 1.82) is 0 Å². The molecular formula is C20H20N4O. The van der Waals surface area contributed by atoms with E-state index in [4.69, 9.17) is 0 Å². The minimum atomic E-state index is 0.0810. The summed E-state index contributed by atoms with van der Waals surface area (Å²) in [4.78, 5) is 25.3. The fraction of sp³-hybridized carbons (Fsp3) is 0.250. The third-order valence-corrected chi connectivity index (χ3v) is 4.71. The highest BCUT2D eigenvalue weighted by Gasteiger charge is 2.23. The molecule has 0 radical (unpaired) electrons. The van der Waals surface area contributed by atoms with Gasteiger partial charge < -0.3 is 9.80 Å². The summed E-state index contributed by atoms with van der Waals surface area (Å²) < 4.78 is 0. The summed E-state index contributed by atoms with van der Waals surface area (Å²) in [6.07, 6.45) is 5.19. The predicted molar refractivity (Wildman–Crippen MR) is 98.8 cm³/mol. The maximum absolute atomic E-state index is 12.6. The summed E-state index contributed by atoms with van der Waals surface area (Å²) in [5.74, 6) is 0.0810. The quantitative estimate of drug-likeness (QED) is 0.724. The highest BCUT2D eigenvalue weighted by atomic mass is 16.2. The Morgan fingerprint density at radius 1 is 0.960 bits per heavy atom. The van der Waals surface area contributed by atoms with Gasteiger partial charge in [-0.3, -0.25) is 14.8 Å². The molecule has 3 heterocycles. The average molecular weight is 332 g/mol. The highest BCUT2D eigenvalue weighted by Crippen LogP contribution is 2.27. The van der Waals surface area contributed by atoms with Gasteiger partial charge in [-0.25, -0.2) is 0 Å². The molecule has 0 spiro atoms. The molecule has 1 aliphatic rings. The third kappa shape index (κ3) is 3.05. The fourth-order valence-electron chi connectivity index (χ4n) is 3.35. The maximum atomic E-state index is 12.6. The molecule has 0 aliphatic carbocycles. The first-order chi connectivity index (χ1) is 12.2. The van der Waals surface area contributed by atoms with Gasteiger partial charge in [0.1, 0.15) is 0 Å². The molecule has 126 valence electrons. The summed E-state index contributed by atoms with van der Waals surface area (Å²) in [5, 5.41) is 1.18. The van der Waals surface area contributed by atoms with E-state index in [-0.39, 0.29) is 5.91 Å². The molecule has 0 unspecified atom stereocenters. The largest absolute Gasteiger partial charge is 0.367 e. The number of carbonyl (C=O) groups excluding carboxylic acids is 1. The minimum Gasteiger partial charge on any atom is -0.367 e. The summed E-state index contributed by atoms with van der Waals surface area (Å²) in [5.41, 5.74) is 4.14. The van der Waals surface area contributed by atoms with Gasteiger partial charge in [0.2, 0.25) is 0 Å². The molecule has 0 N–H and O–H groups in total. The van der Waals surface area contributed by atoms with Crippen molar-refractivity contribution in [2.24, 2.45) is 0 Å². The molecule has 1 aromatic carbocycles. The van der Waals surface area contributed by atoms with Crippen LogP contribution in [-0.4, -0.2) is 47.0 Å². The van der Waals surface area contributed by atoms with Gasteiger partial charge in [-0.2, -0.15) is 0 Å². The number of fused-ring (bicyclic) bond motifs is 1. The van der Waals surface area contributed by atoms with E-state index >= 15 is 0 Å². The van der Waals surface area contributed by atoms with Crippen LogP contribution in [0, 0.1) is 6.92 Å². The summed E-state index contributed by atoms with van der Waals surface area (Å²) in [6, 6.07) is 12.0. The number of aryl methyl sites for hydroxylation is 1. The lowest BCUT2D eigenvalue weighted by molar-refractivity contribution is 0.0747. The van der Waals surface area contributed by atoms with Crippen molar-refractivity contribution in [3.63, 3.8) is 0 Å². The van der Waals surface area contributed by atoms with Gasteiger partial charge in [-0.1, -0.05) is 11.6 Å². The predicted octanol–water partition coefficient (Wildman–Crippen LogP) is 2.90. The summed E-state index contributed by atoms with van der Waals surface area (Å²) >= 11 is 0. The van der Waals surface area contributed by atoms with Crippen molar-refractivity contribution in [3.8, 4) is 0 Å². The third-order valence-electron chi connectivity index (χ3n) is 4.71. The molecule has 0 bridgehead atoms. The zero-order valence-electron chi connectivity index (χ0n) is 14.2. The van der Waals surface area contributed by atoms with Crippen LogP contribution in [-0.2, 0) is 0 Å². The van der Waals surface area contributed by atoms with Crippen molar-refractivity contribution in [2.75, 3.05) is 31.1 Å². The molecule has 1 aliphatic heterocycles. The first-order valence-electron chi connectivity index (χ1n) is 8.52. The van der Waals surface area contributed by atoms with E-state index in [0.717, 1.165) is 31.7 Å². The van der Waals surface area contributed by atoms with E-state index in [1.807, 2.05) is 11.1 Å². The smallest absolute Gasteiger partial charge is 0.254 e. The molecule has 3 aromatic rings. The lowest BCUT2D eigenvalue weighted by Crippen LogP contribution is -2.48. The molecular weight excluding hydrogens is 312 g/mol. The first-order valence-corrected chi connectivity index (χ1v) is 8.52. The van der Waals surface area contributed by atoms with E-state index in [1.54, 1.807) is 24.5 Å². The second-order valence-corrected chi connectivity index (χ2v) is 6.37. The van der Waals surface area contributed by atoms with Crippen LogP contribution in [0.5, 0.6) is 0 Å². The molecule has 2 aromatic heterocycles. The Kier molecular flexibility index (Phi) is 4.06. The summed E-state index contributed by atoms with van der Waals surface area (Å²) in [7, 11) is 0. The zero-order chi connectivity index (χ0) is 17.2. The van der Waals surface area contributed by atoms with Crippen LogP contribution in [0.3, 0.4) is 0 Å². The summed E-state index contributed by atoms with van der Waals surface area (Å²) in [6.45, 7) is 5.18. The molecule has 0 saturated carbocycles. The van der Waals surface area contributed by atoms with Gasteiger partial charge in [0.15, 0.2) is 0 Å². The van der Waals surface area contributed by atoms with Crippen LogP contribution in [0.2, 0.25) is 0 Å². The van der Waals surface area contributed by atoms with Crippen LogP contribution in [0.25, 0.3) is 10.9 Å². The lowest BCUT2D eigenvalue weighted by atomic mass is 10.1. The van der Waals surface area contributed by atoms with E-state index < -0.39 is 0 Å². The number of nitrogens with zero attached hydrogens (tertiary/aromatic N) is 4. The number of anilines is 1. The minimum absolute atomic E-state index is 0.0810. The van der Waals surface area contributed by atoms with Gasteiger partial charge >= 0.3 is 0 Å². The Labute approximate surface area is 146 Å². The molecule has 0 atom stereocenters. The van der Waals surface area contributed by atoms with Crippen molar-refractivity contribution in [2.45, 2.75) is 6.92 Å². The Bertz CT molecular complexity index is 902. The molecule has 5 heteroatoms. The Balaban J connectivity index is 1.53. The van der Waals surface area contributed by atoms with Gasteiger partial charge in [0.25, 0.3) is 5.91 Å². The molecule has 5 nitrogen and oxygen atoms in total. The second kappa shape index (κ2) is 6.51. The van der Waals surface area contributed by atoms with Crippen molar-refractivity contribution >= 4 is 22.5 Å². The highest BCUT2D eigenvalue weighted by molar-refractivity contribution is 5.95. The number of hydrogen-bond acceptors (Lipinski definition) is 4. The standard InChI is InChI=1S/C20H20N4O/c1-15-2-3-18-17(14-15)19(6-9-22-18)23-10-12-24(13-11-23)20(25)16-4-7-21-8-5-16/h2-9,14H,10-13H2,1H3. The zero-order valence-corrected chi connectivity index (χ0v) is 14.2. The lowest BCUT2D eigenvalue weighted by Gasteiger charge is -2.36. The number of pyridine rings is 2. The normalized spacial score (nSPS) is 14.8. The number of rotatable bonds is 2. The monoisotopic (exact) mass is 332 g/mol. The van der Waals surface area contributed by atoms with Crippen LogP contribution in [0.1, 0.15) is 15.9 Å². The number of hydrogen-bond donors (Lipinski definition) is 0. The van der Waals surface area contributed by atoms with Crippen molar-refractivity contribution in [1.82, 2.24) is 14.9 Å². The Hall–Kier alpha value is -2.95. The van der Waals surface area contributed by atoms with Gasteiger partial charge in [0, 0.05) is 61.4 Å². The Morgan fingerprint density at radius 2 is 1.72 bits per heavy atom. The van der Waals surface area contributed by atoms with Crippen LogP contribution >= 0.6 is 0 Å². The van der Waals surface area contributed by atoms with Gasteiger partial charge in [-0.15, -0.1) is 0 Å². The van der Waals surface area contributed by atoms with Crippen LogP contribution < -0.4 is 4.90 Å². The average Bonchev–Trinajstić information content (AvgIpc) is 2.68. The van der Waals surface area contributed by atoms with E-state index in [9.17, 15) is 4.79 Å². The van der Waals surface area contributed by atoms with E-state index in [0.29, 0.717) is 5.56 Å². The number of amides is 1. The van der Waals surface area contributed by atoms with Crippen LogP contribution in [0.4, 0.5) is 5.69 Å². The number of benzene rings is 1.